The summed E-state index contributed by atoms with van der Waals surface area (Å²) in [5.74, 6) is 2.77. The third-order valence-corrected chi connectivity index (χ3v) is 4.18. The van der Waals surface area contributed by atoms with Crippen molar-refractivity contribution in [1.82, 2.24) is 10.2 Å². The first-order valence-electron chi connectivity index (χ1n) is 6.66. The fourth-order valence-electron chi connectivity index (χ4n) is 2.82. The molecule has 3 unspecified atom stereocenters. The minimum Gasteiger partial charge on any atom is -0.313 e. The molecule has 2 aliphatic rings. The molecule has 1 N–H and O–H groups in total. The Bertz CT molecular complexity index is 191. The first-order valence-corrected chi connectivity index (χ1v) is 6.66. The highest BCUT2D eigenvalue weighted by Gasteiger charge is 2.34. The van der Waals surface area contributed by atoms with E-state index < -0.39 is 0 Å². The van der Waals surface area contributed by atoms with Crippen molar-refractivity contribution in [3.8, 4) is 0 Å². The van der Waals surface area contributed by atoms with Crippen LogP contribution in [0.3, 0.4) is 0 Å². The number of hydrogen-bond acceptors (Lipinski definition) is 2. The molecule has 0 bridgehead atoms. The Kier molecular flexibility index (Phi) is 3.68. The van der Waals surface area contributed by atoms with E-state index in [1.807, 2.05) is 0 Å². The van der Waals surface area contributed by atoms with Gasteiger partial charge in [-0.2, -0.15) is 0 Å². The standard InChI is InChI=1S/C13H26N2/c1-4-14-13(12-5-6-12)9-15-7-10(2)11(3)8-15/h10-14H,4-9H2,1-3H3. The molecule has 1 aliphatic carbocycles. The van der Waals surface area contributed by atoms with E-state index in [2.05, 4.69) is 31.0 Å². The molecule has 1 heterocycles. The summed E-state index contributed by atoms with van der Waals surface area (Å²) in [6.07, 6.45) is 2.91. The van der Waals surface area contributed by atoms with Gasteiger partial charge in [0.1, 0.15) is 0 Å². The van der Waals surface area contributed by atoms with Crippen LogP contribution in [0.15, 0.2) is 0 Å². The normalized spacial score (nSPS) is 34.6. The summed E-state index contributed by atoms with van der Waals surface area (Å²) in [7, 11) is 0. The van der Waals surface area contributed by atoms with Crippen molar-refractivity contribution in [3.05, 3.63) is 0 Å². The molecular weight excluding hydrogens is 184 g/mol. The second kappa shape index (κ2) is 4.84. The molecule has 88 valence electrons. The van der Waals surface area contributed by atoms with Crippen LogP contribution in [0.25, 0.3) is 0 Å². The van der Waals surface area contributed by atoms with Gasteiger partial charge >= 0.3 is 0 Å². The summed E-state index contributed by atoms with van der Waals surface area (Å²) < 4.78 is 0. The van der Waals surface area contributed by atoms with Crippen LogP contribution in [0.1, 0.15) is 33.6 Å². The molecule has 0 aromatic carbocycles. The van der Waals surface area contributed by atoms with Gasteiger partial charge in [-0.1, -0.05) is 20.8 Å². The molecule has 1 saturated heterocycles. The molecule has 0 amide bonds. The van der Waals surface area contributed by atoms with Crippen molar-refractivity contribution in [3.63, 3.8) is 0 Å². The van der Waals surface area contributed by atoms with E-state index in [0.717, 1.165) is 30.3 Å². The Labute approximate surface area is 94.4 Å². The topological polar surface area (TPSA) is 15.3 Å². The van der Waals surface area contributed by atoms with E-state index in [4.69, 9.17) is 0 Å². The minimum absolute atomic E-state index is 0.771. The van der Waals surface area contributed by atoms with E-state index in [-0.39, 0.29) is 0 Å². The molecule has 2 heteroatoms. The molecule has 0 aromatic rings. The molecule has 2 fully saturated rings. The van der Waals surface area contributed by atoms with E-state index in [9.17, 15) is 0 Å². The van der Waals surface area contributed by atoms with Crippen molar-refractivity contribution >= 4 is 0 Å². The average molecular weight is 210 g/mol. The molecule has 1 aliphatic heterocycles. The molecule has 3 atom stereocenters. The molecular formula is C13H26N2. The van der Waals surface area contributed by atoms with Crippen LogP contribution in [0.5, 0.6) is 0 Å². The van der Waals surface area contributed by atoms with Gasteiger partial charge < -0.3 is 10.2 Å². The monoisotopic (exact) mass is 210 g/mol. The maximum Gasteiger partial charge on any atom is 0.0223 e. The molecule has 0 aromatic heterocycles. The summed E-state index contributed by atoms with van der Waals surface area (Å²) in [6, 6.07) is 0.771. The van der Waals surface area contributed by atoms with Gasteiger partial charge in [-0.15, -0.1) is 0 Å². The zero-order chi connectivity index (χ0) is 10.8. The number of nitrogens with one attached hydrogen (secondary N) is 1. The van der Waals surface area contributed by atoms with Crippen LogP contribution in [-0.4, -0.2) is 37.1 Å². The smallest absolute Gasteiger partial charge is 0.0223 e. The fraction of sp³-hybridized carbons (Fsp3) is 1.00. The number of likely N-dealkylation sites (N-methyl/N-ethyl adjacent to an activating group) is 1. The third-order valence-electron chi connectivity index (χ3n) is 4.18. The quantitative estimate of drug-likeness (QED) is 0.746. The van der Waals surface area contributed by atoms with Gasteiger partial charge in [0, 0.05) is 25.7 Å². The Balaban J connectivity index is 1.79. The molecule has 0 radical (unpaired) electrons. The highest BCUT2D eigenvalue weighted by atomic mass is 15.2. The van der Waals surface area contributed by atoms with Crippen molar-refractivity contribution in [2.24, 2.45) is 17.8 Å². The molecule has 1 saturated carbocycles. The minimum atomic E-state index is 0.771. The van der Waals surface area contributed by atoms with E-state index in [0.29, 0.717) is 0 Å². The van der Waals surface area contributed by atoms with Crippen molar-refractivity contribution in [2.75, 3.05) is 26.2 Å². The van der Waals surface area contributed by atoms with Gasteiger partial charge in [0.05, 0.1) is 0 Å². The van der Waals surface area contributed by atoms with Crippen molar-refractivity contribution < 1.29 is 0 Å². The first-order chi connectivity index (χ1) is 7.20. The largest absolute Gasteiger partial charge is 0.313 e. The lowest BCUT2D eigenvalue weighted by Gasteiger charge is -2.24. The van der Waals surface area contributed by atoms with Gasteiger partial charge in [-0.3, -0.25) is 0 Å². The van der Waals surface area contributed by atoms with Gasteiger partial charge in [-0.25, -0.2) is 0 Å². The zero-order valence-corrected chi connectivity index (χ0v) is 10.5. The molecule has 15 heavy (non-hydrogen) atoms. The van der Waals surface area contributed by atoms with E-state index >= 15 is 0 Å². The zero-order valence-electron chi connectivity index (χ0n) is 10.5. The average Bonchev–Trinajstić information content (AvgIpc) is 2.95. The van der Waals surface area contributed by atoms with E-state index in [1.165, 1.54) is 32.5 Å². The first kappa shape index (κ1) is 11.4. The summed E-state index contributed by atoms with van der Waals surface area (Å²) >= 11 is 0. The number of rotatable bonds is 5. The maximum atomic E-state index is 3.66. The molecule has 2 rings (SSSR count). The van der Waals surface area contributed by atoms with Crippen molar-refractivity contribution in [2.45, 2.75) is 39.7 Å². The number of likely N-dealkylation sites (tertiary alicyclic amines) is 1. The van der Waals surface area contributed by atoms with Crippen LogP contribution in [-0.2, 0) is 0 Å². The highest BCUT2D eigenvalue weighted by molar-refractivity contribution is 4.90. The van der Waals surface area contributed by atoms with Gasteiger partial charge in [0.25, 0.3) is 0 Å². The lowest BCUT2D eigenvalue weighted by Crippen LogP contribution is -2.41. The highest BCUT2D eigenvalue weighted by Crippen LogP contribution is 2.34. The maximum absolute atomic E-state index is 3.66. The van der Waals surface area contributed by atoms with E-state index in [1.54, 1.807) is 0 Å². The lowest BCUT2D eigenvalue weighted by molar-refractivity contribution is 0.267. The third kappa shape index (κ3) is 2.94. The summed E-state index contributed by atoms with van der Waals surface area (Å²) in [6.45, 7) is 12.1. The fourth-order valence-corrected chi connectivity index (χ4v) is 2.82. The Hall–Kier alpha value is -0.0800. The summed E-state index contributed by atoms with van der Waals surface area (Å²) in [5.41, 5.74) is 0. The Morgan fingerprint density at radius 2 is 1.80 bits per heavy atom. The van der Waals surface area contributed by atoms with Gasteiger partial charge in [0.15, 0.2) is 0 Å². The predicted molar refractivity (Wildman–Crippen MR) is 65.0 cm³/mol. The summed E-state index contributed by atoms with van der Waals surface area (Å²) in [5, 5.41) is 3.66. The second-order valence-electron chi connectivity index (χ2n) is 5.67. The van der Waals surface area contributed by atoms with Gasteiger partial charge in [0.2, 0.25) is 0 Å². The number of hydrogen-bond donors (Lipinski definition) is 1. The Morgan fingerprint density at radius 1 is 1.20 bits per heavy atom. The summed E-state index contributed by atoms with van der Waals surface area (Å²) in [4.78, 5) is 2.67. The predicted octanol–water partition coefficient (Wildman–Crippen LogP) is 1.96. The van der Waals surface area contributed by atoms with Crippen LogP contribution in [0.4, 0.5) is 0 Å². The van der Waals surface area contributed by atoms with Crippen LogP contribution < -0.4 is 5.32 Å². The number of nitrogens with zero attached hydrogens (tertiary/aromatic N) is 1. The SMILES string of the molecule is CCNC(CN1CC(C)C(C)C1)C1CC1. The molecule has 0 spiro atoms. The van der Waals surface area contributed by atoms with Crippen LogP contribution in [0.2, 0.25) is 0 Å². The molecule has 2 nitrogen and oxygen atoms in total. The second-order valence-corrected chi connectivity index (χ2v) is 5.67. The van der Waals surface area contributed by atoms with Crippen LogP contribution >= 0.6 is 0 Å². The van der Waals surface area contributed by atoms with Gasteiger partial charge in [-0.05, 0) is 37.1 Å². The van der Waals surface area contributed by atoms with Crippen molar-refractivity contribution in [1.29, 1.82) is 0 Å². The Morgan fingerprint density at radius 3 is 2.27 bits per heavy atom. The van der Waals surface area contributed by atoms with Crippen LogP contribution in [0, 0.1) is 17.8 Å². The lowest BCUT2D eigenvalue weighted by atomic mass is 10.0.